The molecule has 0 aromatic heterocycles. The number of thiocarbonyl (C=S) groups is 1. The Morgan fingerprint density at radius 2 is 1.64 bits per heavy atom. The second kappa shape index (κ2) is 14.2. The number of hydrazone groups is 1. The van der Waals surface area contributed by atoms with E-state index in [0.29, 0.717) is 10.9 Å². The number of hydrogen-bond acceptors (Lipinski definition) is 2. The number of halogens is 2. The van der Waals surface area contributed by atoms with Crippen LogP contribution in [0.3, 0.4) is 0 Å². The van der Waals surface area contributed by atoms with Gasteiger partial charge in [0.25, 0.3) is 0 Å². The predicted octanol–water partition coefficient (Wildman–Crippen LogP) is 5.31. The summed E-state index contributed by atoms with van der Waals surface area (Å²) in [5.74, 6) is 0.653. The summed E-state index contributed by atoms with van der Waals surface area (Å²) in [6.07, 6.45) is 1.61. The molecule has 0 unspecified atom stereocenters. The van der Waals surface area contributed by atoms with E-state index in [-0.39, 0.29) is 5.11 Å². The molecular weight excluding hydrogens is 462 g/mol. The van der Waals surface area contributed by atoms with Crippen LogP contribution in [0.25, 0.3) is 0 Å². The first-order chi connectivity index (χ1) is 11.9. The molecule has 25 heavy (non-hydrogen) atoms. The molecule has 136 valence electrons. The van der Waals surface area contributed by atoms with E-state index in [2.05, 4.69) is 77.5 Å². The van der Waals surface area contributed by atoms with E-state index in [1.54, 1.807) is 18.3 Å². The summed E-state index contributed by atoms with van der Waals surface area (Å²) in [5.41, 5.74) is 11.3. The second-order valence-corrected chi connectivity index (χ2v) is 6.23. The molecule has 2 rings (SSSR count). The van der Waals surface area contributed by atoms with Crippen LogP contribution in [0, 0.1) is 6.92 Å². The van der Waals surface area contributed by atoms with E-state index in [0.717, 1.165) is 5.56 Å². The summed E-state index contributed by atoms with van der Waals surface area (Å²) in [6.45, 7) is 6.54. The first kappa shape index (κ1) is 24.0. The van der Waals surface area contributed by atoms with Crippen LogP contribution < -0.4 is 11.2 Å². The van der Waals surface area contributed by atoms with Gasteiger partial charge in [-0.05, 0) is 48.3 Å². The second-order valence-electron chi connectivity index (χ2n) is 5.35. The fourth-order valence-corrected chi connectivity index (χ4v) is 1.85. The van der Waals surface area contributed by atoms with Crippen LogP contribution in [0.15, 0.2) is 53.6 Å². The Labute approximate surface area is 174 Å². The summed E-state index contributed by atoms with van der Waals surface area (Å²) >= 11 is 12.1. The van der Waals surface area contributed by atoms with Crippen LogP contribution in [0.2, 0.25) is 5.02 Å². The molecule has 3 N–H and O–H groups in total. The van der Waals surface area contributed by atoms with Gasteiger partial charge in [0.05, 0.1) is 6.21 Å². The average Bonchev–Trinajstić information content (AvgIpc) is 2.59. The van der Waals surface area contributed by atoms with Crippen molar-refractivity contribution < 1.29 is 17.3 Å². The minimum absolute atomic E-state index is 0.144. The monoisotopic (exact) mass is 484 g/mol. The summed E-state index contributed by atoms with van der Waals surface area (Å²) in [5, 5.41) is 4.62. The van der Waals surface area contributed by atoms with Crippen LogP contribution in [0.5, 0.6) is 0 Å². The third kappa shape index (κ3) is 12.1. The zero-order valence-corrected chi connectivity index (χ0v) is 18.4. The van der Waals surface area contributed by atoms with Crippen molar-refractivity contribution in [2.24, 2.45) is 10.8 Å². The molecule has 0 saturated carbocycles. The van der Waals surface area contributed by atoms with Gasteiger partial charge in [0.15, 0.2) is 5.11 Å². The third-order valence-corrected chi connectivity index (χ3v) is 3.35. The minimum atomic E-state index is 0.144. The molecule has 0 radical (unpaired) electrons. The Balaban J connectivity index is 0.000000430. The molecule has 0 amide bonds. The maximum atomic E-state index is 5.70. The molecule has 0 saturated heterocycles. The van der Waals surface area contributed by atoms with Crippen LogP contribution in [-0.4, -0.2) is 11.3 Å². The molecule has 0 aliphatic heterocycles. The molecule has 0 atom stereocenters. The number of nitrogens with two attached hydrogens (primary N) is 1. The standard InChI is InChI=1S/C10H14.C8H8ClN3S.ClH.Ru/c1-8(2)10-6-4-9(3)5-7-10;9-7-3-1-6(2-4-7)5-11-12-8(10)13;;/h4-8H,1-3H3;1-5H,(H3,10,12,13);1H;/q;;;+2/p-1/b;11-5+;;. The Bertz CT molecular complexity index is 644. The molecular formula is C18H22Cl2N3RuS+. The van der Waals surface area contributed by atoms with Crippen LogP contribution >= 0.6 is 33.5 Å². The van der Waals surface area contributed by atoms with Crippen molar-refractivity contribution in [2.75, 3.05) is 0 Å². The number of aryl methyl sites for hydroxylation is 1. The van der Waals surface area contributed by atoms with Gasteiger partial charge in [-0.25, -0.2) is 0 Å². The van der Waals surface area contributed by atoms with E-state index in [9.17, 15) is 0 Å². The molecule has 0 aliphatic rings. The van der Waals surface area contributed by atoms with E-state index >= 15 is 0 Å². The molecule has 0 aliphatic carbocycles. The van der Waals surface area contributed by atoms with Crippen molar-refractivity contribution in [3.63, 3.8) is 0 Å². The summed E-state index contributed by atoms with van der Waals surface area (Å²) < 4.78 is 0. The molecule has 3 nitrogen and oxygen atoms in total. The predicted molar refractivity (Wildman–Crippen MR) is 110 cm³/mol. The first-order valence-electron chi connectivity index (χ1n) is 7.42. The van der Waals surface area contributed by atoms with Gasteiger partial charge in [-0.2, -0.15) is 5.10 Å². The third-order valence-electron chi connectivity index (χ3n) is 3.00. The molecule has 2 aromatic rings. The Morgan fingerprint density at radius 3 is 2.08 bits per heavy atom. The molecule has 0 fully saturated rings. The summed E-state index contributed by atoms with van der Waals surface area (Å²) in [4.78, 5) is 0. The number of benzene rings is 2. The van der Waals surface area contributed by atoms with Crippen LogP contribution in [-0.2, 0) is 17.3 Å². The van der Waals surface area contributed by atoms with Gasteiger partial charge >= 0.3 is 27.0 Å². The van der Waals surface area contributed by atoms with Gasteiger partial charge in [0.1, 0.15) is 0 Å². The Morgan fingerprint density at radius 1 is 1.12 bits per heavy atom. The van der Waals surface area contributed by atoms with Gasteiger partial charge in [0, 0.05) is 5.02 Å². The maximum absolute atomic E-state index is 5.70. The molecule has 7 heteroatoms. The quantitative estimate of drug-likeness (QED) is 0.269. The van der Waals surface area contributed by atoms with Crippen molar-refractivity contribution in [1.29, 1.82) is 0 Å². The van der Waals surface area contributed by atoms with Crippen molar-refractivity contribution in [1.82, 2.24) is 5.43 Å². The zero-order valence-electron chi connectivity index (χ0n) is 14.3. The van der Waals surface area contributed by atoms with Gasteiger partial charge in [-0.15, -0.1) is 0 Å². The van der Waals surface area contributed by atoms with Crippen LogP contribution in [0.1, 0.15) is 36.5 Å². The van der Waals surface area contributed by atoms with E-state index < -0.39 is 0 Å². The van der Waals surface area contributed by atoms with E-state index in [1.807, 2.05) is 29.4 Å². The fourth-order valence-electron chi connectivity index (χ4n) is 1.67. The van der Waals surface area contributed by atoms with Crippen molar-refractivity contribution in [3.8, 4) is 0 Å². The van der Waals surface area contributed by atoms with Gasteiger partial charge in [-0.3, -0.25) is 5.43 Å². The number of rotatable bonds is 3. The van der Waals surface area contributed by atoms with Crippen LogP contribution in [0.4, 0.5) is 0 Å². The van der Waals surface area contributed by atoms with Crippen molar-refractivity contribution in [3.05, 3.63) is 70.2 Å². The fraction of sp³-hybridized carbons (Fsp3) is 0.222. The van der Waals surface area contributed by atoms with Gasteiger partial charge < -0.3 is 5.73 Å². The summed E-state index contributed by atoms with van der Waals surface area (Å²) in [7, 11) is 4.57. The zero-order chi connectivity index (χ0) is 19.2. The van der Waals surface area contributed by atoms with Crippen molar-refractivity contribution in [2.45, 2.75) is 26.7 Å². The molecule has 0 bridgehead atoms. The average molecular weight is 484 g/mol. The van der Waals surface area contributed by atoms with E-state index in [4.69, 9.17) is 17.3 Å². The normalized spacial score (nSPS) is 9.72. The molecule has 0 heterocycles. The van der Waals surface area contributed by atoms with Crippen molar-refractivity contribution >= 4 is 44.8 Å². The number of hydrogen-bond donors (Lipinski definition) is 2. The van der Waals surface area contributed by atoms with E-state index in [1.165, 1.54) is 11.1 Å². The molecule has 2 aromatic carbocycles. The van der Waals surface area contributed by atoms with Gasteiger partial charge in [-0.1, -0.05) is 67.4 Å². The number of nitrogens with zero attached hydrogens (tertiary/aromatic N) is 1. The first-order valence-corrected chi connectivity index (χ1v) is 10.4. The Kier molecular flexibility index (Phi) is 13.6. The number of nitrogens with one attached hydrogen (secondary N) is 1. The topological polar surface area (TPSA) is 50.4 Å². The van der Waals surface area contributed by atoms with Gasteiger partial charge in [0.2, 0.25) is 0 Å². The molecule has 0 spiro atoms. The Hall–Kier alpha value is -0.997. The SMILES string of the molecule is Cc1ccc(C(C)C)cc1.NC(=S)N/N=C/c1ccc(Cl)cc1.[Cl][Ru+]. The summed E-state index contributed by atoms with van der Waals surface area (Å²) in [6, 6.07) is 16.0.